The Balaban J connectivity index is 2.19. The highest BCUT2D eigenvalue weighted by atomic mass is 16.6. The summed E-state index contributed by atoms with van der Waals surface area (Å²) in [6.07, 6.45) is 6.03. The summed E-state index contributed by atoms with van der Waals surface area (Å²) in [5.41, 5.74) is 0.774. The predicted molar refractivity (Wildman–Crippen MR) is 79.2 cm³/mol. The first-order valence-corrected chi connectivity index (χ1v) is 7.15. The number of nitro groups is 1. The van der Waals surface area contributed by atoms with Crippen molar-refractivity contribution in [3.8, 4) is 0 Å². The minimum Gasteiger partial charge on any atom is -0.354 e. The Morgan fingerprint density at radius 3 is 3.00 bits per heavy atom. The number of nitrogens with one attached hydrogen (secondary N) is 1. The van der Waals surface area contributed by atoms with Gasteiger partial charge in [-0.2, -0.15) is 0 Å². The molecule has 0 aromatic carbocycles. The second-order valence-corrected chi connectivity index (χ2v) is 5.32. The zero-order valence-corrected chi connectivity index (χ0v) is 12.1. The minimum atomic E-state index is -0.374. The molecule has 110 valence electrons. The third-order valence-corrected chi connectivity index (χ3v) is 3.91. The molecule has 20 heavy (non-hydrogen) atoms. The summed E-state index contributed by atoms with van der Waals surface area (Å²) in [7, 11) is 1.96. The zero-order valence-electron chi connectivity index (χ0n) is 12.1. The standard InChI is InChI=1S/C14H22N4O2/c1-11-9-14(16-10-13(11)18(19)20)17-8-4-3-5-12(17)6-7-15-2/h9-10,12,15H,3-8H2,1-2H3. The van der Waals surface area contributed by atoms with Gasteiger partial charge in [0.1, 0.15) is 12.0 Å². The maximum atomic E-state index is 10.9. The highest BCUT2D eigenvalue weighted by molar-refractivity contribution is 5.49. The number of piperidine rings is 1. The molecule has 2 heterocycles. The quantitative estimate of drug-likeness (QED) is 0.661. The summed E-state index contributed by atoms with van der Waals surface area (Å²) in [6, 6.07) is 2.32. The van der Waals surface area contributed by atoms with Crippen molar-refractivity contribution < 1.29 is 4.92 Å². The van der Waals surface area contributed by atoms with Crippen molar-refractivity contribution in [2.75, 3.05) is 25.0 Å². The monoisotopic (exact) mass is 278 g/mol. The van der Waals surface area contributed by atoms with Crippen LogP contribution in [0.2, 0.25) is 0 Å². The van der Waals surface area contributed by atoms with Gasteiger partial charge < -0.3 is 10.2 Å². The van der Waals surface area contributed by atoms with Crippen molar-refractivity contribution in [2.45, 2.75) is 38.6 Å². The normalized spacial score (nSPS) is 19.1. The zero-order chi connectivity index (χ0) is 14.5. The molecule has 0 radical (unpaired) electrons. The van der Waals surface area contributed by atoms with Gasteiger partial charge in [-0.15, -0.1) is 0 Å². The smallest absolute Gasteiger partial charge is 0.290 e. The number of hydrogen-bond acceptors (Lipinski definition) is 5. The largest absolute Gasteiger partial charge is 0.354 e. The summed E-state index contributed by atoms with van der Waals surface area (Å²) in [5.74, 6) is 0.869. The van der Waals surface area contributed by atoms with Gasteiger partial charge >= 0.3 is 0 Å². The number of pyridine rings is 1. The molecule has 1 atom stereocenters. The third-order valence-electron chi connectivity index (χ3n) is 3.91. The molecule has 1 N–H and O–H groups in total. The molecule has 1 aliphatic heterocycles. The highest BCUT2D eigenvalue weighted by Crippen LogP contribution is 2.27. The van der Waals surface area contributed by atoms with Gasteiger partial charge in [0, 0.05) is 18.2 Å². The second-order valence-electron chi connectivity index (χ2n) is 5.32. The third kappa shape index (κ3) is 3.25. The molecule has 0 spiro atoms. The number of nitrogens with zero attached hydrogens (tertiary/aromatic N) is 3. The summed E-state index contributed by atoms with van der Waals surface area (Å²) in [4.78, 5) is 17.1. The van der Waals surface area contributed by atoms with Crippen LogP contribution in [0.1, 0.15) is 31.2 Å². The van der Waals surface area contributed by atoms with Crippen LogP contribution in [0.25, 0.3) is 0 Å². The van der Waals surface area contributed by atoms with Crippen molar-refractivity contribution in [3.63, 3.8) is 0 Å². The van der Waals surface area contributed by atoms with E-state index in [4.69, 9.17) is 0 Å². The maximum Gasteiger partial charge on any atom is 0.290 e. The molecule has 0 amide bonds. The fraction of sp³-hybridized carbons (Fsp3) is 0.643. The van der Waals surface area contributed by atoms with Gasteiger partial charge in [-0.1, -0.05) is 0 Å². The van der Waals surface area contributed by atoms with Crippen molar-refractivity contribution in [3.05, 3.63) is 27.9 Å². The molecule has 1 unspecified atom stereocenters. The molecule has 1 aliphatic rings. The highest BCUT2D eigenvalue weighted by Gasteiger charge is 2.24. The molecule has 1 aromatic heterocycles. The summed E-state index contributed by atoms with van der Waals surface area (Å²) >= 11 is 0. The van der Waals surface area contributed by atoms with Gasteiger partial charge in [0.25, 0.3) is 5.69 Å². The molecule has 0 aliphatic carbocycles. The molecule has 1 aromatic rings. The number of hydrogen-bond donors (Lipinski definition) is 1. The molecule has 1 fully saturated rings. The van der Waals surface area contributed by atoms with Crippen molar-refractivity contribution >= 4 is 11.5 Å². The fourth-order valence-electron chi connectivity index (χ4n) is 2.80. The summed E-state index contributed by atoms with van der Waals surface area (Å²) < 4.78 is 0. The topological polar surface area (TPSA) is 71.3 Å². The van der Waals surface area contributed by atoms with Crippen LogP contribution < -0.4 is 10.2 Å². The van der Waals surface area contributed by atoms with E-state index in [9.17, 15) is 10.1 Å². The van der Waals surface area contributed by atoms with E-state index in [1.165, 1.54) is 19.0 Å². The lowest BCUT2D eigenvalue weighted by atomic mass is 9.99. The van der Waals surface area contributed by atoms with Crippen LogP contribution in [0.4, 0.5) is 11.5 Å². The molecule has 0 bridgehead atoms. The van der Waals surface area contributed by atoms with Crippen LogP contribution in [0.3, 0.4) is 0 Å². The average Bonchev–Trinajstić information content (AvgIpc) is 2.45. The van der Waals surface area contributed by atoms with Gasteiger partial charge in [-0.05, 0) is 52.3 Å². The van der Waals surface area contributed by atoms with Crippen molar-refractivity contribution in [2.24, 2.45) is 0 Å². The van der Waals surface area contributed by atoms with Crippen LogP contribution >= 0.6 is 0 Å². The Hall–Kier alpha value is -1.69. The first-order valence-electron chi connectivity index (χ1n) is 7.15. The van der Waals surface area contributed by atoms with E-state index in [0.29, 0.717) is 11.6 Å². The molecule has 6 nitrogen and oxygen atoms in total. The van der Waals surface area contributed by atoms with Gasteiger partial charge in [0.05, 0.1) is 4.92 Å². The molecule has 1 saturated heterocycles. The van der Waals surface area contributed by atoms with E-state index in [0.717, 1.165) is 31.7 Å². The van der Waals surface area contributed by atoms with Crippen molar-refractivity contribution in [1.29, 1.82) is 0 Å². The van der Waals surface area contributed by atoms with E-state index in [1.807, 2.05) is 13.1 Å². The molecular weight excluding hydrogens is 256 g/mol. The van der Waals surface area contributed by atoms with E-state index < -0.39 is 0 Å². The molecule has 6 heteroatoms. The Morgan fingerprint density at radius 1 is 1.55 bits per heavy atom. The number of anilines is 1. The number of rotatable bonds is 5. The Kier molecular flexibility index (Phi) is 4.89. The van der Waals surface area contributed by atoms with E-state index in [2.05, 4.69) is 15.2 Å². The van der Waals surface area contributed by atoms with Crippen LogP contribution in [0, 0.1) is 17.0 Å². The van der Waals surface area contributed by atoms with Crippen molar-refractivity contribution in [1.82, 2.24) is 10.3 Å². The maximum absolute atomic E-state index is 10.9. The SMILES string of the molecule is CNCCC1CCCCN1c1cc(C)c([N+](=O)[O-])cn1. The fourth-order valence-corrected chi connectivity index (χ4v) is 2.80. The molecular formula is C14H22N4O2. The van der Waals surface area contributed by atoms with Crippen LogP contribution in [0.15, 0.2) is 12.3 Å². The first-order chi connectivity index (χ1) is 9.63. The first kappa shape index (κ1) is 14.7. The van der Waals surface area contributed by atoms with E-state index in [-0.39, 0.29) is 10.6 Å². The number of aromatic nitrogens is 1. The van der Waals surface area contributed by atoms with Gasteiger partial charge in [-0.25, -0.2) is 4.98 Å². The lowest BCUT2D eigenvalue weighted by molar-refractivity contribution is -0.385. The second kappa shape index (κ2) is 6.65. The number of aryl methyl sites for hydroxylation is 1. The Bertz CT molecular complexity index is 478. The summed E-state index contributed by atoms with van der Waals surface area (Å²) in [6.45, 7) is 3.74. The van der Waals surface area contributed by atoms with Crippen LogP contribution in [-0.2, 0) is 0 Å². The summed E-state index contributed by atoms with van der Waals surface area (Å²) in [5, 5.41) is 14.0. The van der Waals surface area contributed by atoms with E-state index >= 15 is 0 Å². The van der Waals surface area contributed by atoms with Crippen LogP contribution in [0.5, 0.6) is 0 Å². The minimum absolute atomic E-state index is 0.0949. The Labute approximate surface area is 119 Å². The lowest BCUT2D eigenvalue weighted by Gasteiger charge is -2.37. The molecule has 2 rings (SSSR count). The van der Waals surface area contributed by atoms with Crippen LogP contribution in [-0.4, -0.2) is 36.1 Å². The van der Waals surface area contributed by atoms with Gasteiger partial charge in [-0.3, -0.25) is 10.1 Å². The Morgan fingerprint density at radius 2 is 2.35 bits per heavy atom. The predicted octanol–water partition coefficient (Wildman–Crippen LogP) is 2.27. The van der Waals surface area contributed by atoms with Gasteiger partial charge in [0.15, 0.2) is 0 Å². The van der Waals surface area contributed by atoms with E-state index in [1.54, 1.807) is 6.92 Å². The average molecular weight is 278 g/mol. The lowest BCUT2D eigenvalue weighted by Crippen LogP contribution is -2.41. The molecule has 0 saturated carbocycles. The van der Waals surface area contributed by atoms with Gasteiger partial charge in [0.2, 0.25) is 0 Å².